The number of nitrogens with two attached hydrogens (primary N) is 1. The Morgan fingerprint density at radius 3 is 2.58 bits per heavy atom. The third kappa shape index (κ3) is 3.62. The van der Waals surface area contributed by atoms with Crippen molar-refractivity contribution in [3.8, 4) is 0 Å². The lowest BCUT2D eigenvalue weighted by atomic mass is 9.94. The molecule has 1 aliphatic heterocycles. The van der Waals surface area contributed by atoms with E-state index in [0.29, 0.717) is 11.8 Å². The number of piperidine rings is 1. The van der Waals surface area contributed by atoms with E-state index in [4.69, 9.17) is 10.3 Å². The molecule has 6 nitrogen and oxygen atoms in total. The van der Waals surface area contributed by atoms with E-state index in [-0.39, 0.29) is 11.6 Å². The number of carbonyl (C=O) groups excluding carboxylic acids is 1. The van der Waals surface area contributed by atoms with Gasteiger partial charge in [0.25, 0.3) is 0 Å². The van der Waals surface area contributed by atoms with Crippen molar-refractivity contribution in [2.45, 2.75) is 45.1 Å². The van der Waals surface area contributed by atoms with E-state index in [1.54, 1.807) is 6.07 Å². The number of nitrogen functional groups attached to an aromatic ring is 1. The number of nitrogens with one attached hydrogen (secondary N) is 1. The first-order valence-corrected chi connectivity index (χ1v) is 6.64. The van der Waals surface area contributed by atoms with Crippen LogP contribution < -0.4 is 11.1 Å². The maximum Gasteiger partial charge on any atom is 0.317 e. The van der Waals surface area contributed by atoms with E-state index in [1.807, 2.05) is 25.7 Å². The van der Waals surface area contributed by atoms with Crippen LogP contribution >= 0.6 is 0 Å². The summed E-state index contributed by atoms with van der Waals surface area (Å²) in [5.74, 6) is 0.683. The van der Waals surface area contributed by atoms with Crippen LogP contribution in [0.5, 0.6) is 0 Å². The van der Waals surface area contributed by atoms with Crippen molar-refractivity contribution >= 4 is 11.9 Å². The molecule has 0 radical (unpaired) electrons. The number of hydrogen-bond acceptors (Lipinski definition) is 4. The predicted octanol–water partition coefficient (Wildman–Crippen LogP) is 1.94. The number of hydrogen-bond donors (Lipinski definition) is 2. The third-order valence-electron chi connectivity index (χ3n) is 3.23. The van der Waals surface area contributed by atoms with E-state index in [2.05, 4.69) is 10.5 Å². The van der Waals surface area contributed by atoms with Gasteiger partial charge >= 0.3 is 6.03 Å². The number of likely N-dealkylation sites (tertiary alicyclic amines) is 1. The maximum atomic E-state index is 12.0. The van der Waals surface area contributed by atoms with Crippen LogP contribution in [-0.4, -0.2) is 34.7 Å². The van der Waals surface area contributed by atoms with E-state index in [0.717, 1.165) is 31.6 Å². The minimum absolute atomic E-state index is 0.00520. The molecule has 0 spiro atoms. The topological polar surface area (TPSA) is 84.4 Å². The quantitative estimate of drug-likeness (QED) is 0.813. The SMILES string of the molecule is CC(C)(C)NC(=O)N1CCC(c2cc(N)on2)CC1. The van der Waals surface area contributed by atoms with Gasteiger partial charge in [-0.3, -0.25) is 0 Å². The number of aromatic nitrogens is 1. The Bertz CT molecular complexity index is 442. The van der Waals surface area contributed by atoms with Gasteiger partial charge in [-0.25, -0.2) is 4.79 Å². The van der Waals surface area contributed by atoms with Gasteiger partial charge in [0.2, 0.25) is 5.88 Å². The zero-order valence-corrected chi connectivity index (χ0v) is 11.8. The molecule has 2 rings (SSSR count). The van der Waals surface area contributed by atoms with Gasteiger partial charge in [0.15, 0.2) is 0 Å². The first-order chi connectivity index (χ1) is 8.85. The normalized spacial score (nSPS) is 17.5. The Kier molecular flexibility index (Phi) is 3.68. The fourth-order valence-electron chi connectivity index (χ4n) is 2.27. The highest BCUT2D eigenvalue weighted by Gasteiger charge is 2.27. The lowest BCUT2D eigenvalue weighted by Gasteiger charge is -2.33. The van der Waals surface area contributed by atoms with Gasteiger partial charge in [-0.1, -0.05) is 5.16 Å². The Hall–Kier alpha value is -1.72. The lowest BCUT2D eigenvalue weighted by molar-refractivity contribution is 0.172. The average Bonchev–Trinajstić information content (AvgIpc) is 2.74. The van der Waals surface area contributed by atoms with Crippen LogP contribution in [0, 0.1) is 0 Å². The second kappa shape index (κ2) is 5.11. The molecular weight excluding hydrogens is 244 g/mol. The van der Waals surface area contributed by atoms with Crippen LogP contribution in [0.25, 0.3) is 0 Å². The van der Waals surface area contributed by atoms with Gasteiger partial charge in [0, 0.05) is 30.6 Å². The summed E-state index contributed by atoms with van der Waals surface area (Å²) in [5.41, 5.74) is 6.22. The molecule has 0 bridgehead atoms. The summed E-state index contributed by atoms with van der Waals surface area (Å²) >= 11 is 0. The van der Waals surface area contributed by atoms with E-state index >= 15 is 0 Å². The molecule has 106 valence electrons. The highest BCUT2D eigenvalue weighted by atomic mass is 16.5. The average molecular weight is 266 g/mol. The van der Waals surface area contributed by atoms with E-state index in [9.17, 15) is 4.79 Å². The molecule has 1 aliphatic rings. The van der Waals surface area contributed by atoms with E-state index in [1.165, 1.54) is 0 Å². The number of amides is 2. The van der Waals surface area contributed by atoms with Gasteiger partial charge < -0.3 is 20.5 Å². The Labute approximate surface area is 113 Å². The smallest absolute Gasteiger partial charge is 0.317 e. The lowest BCUT2D eigenvalue weighted by Crippen LogP contribution is -2.50. The van der Waals surface area contributed by atoms with E-state index < -0.39 is 0 Å². The molecule has 2 amide bonds. The number of nitrogens with zero attached hydrogens (tertiary/aromatic N) is 2. The monoisotopic (exact) mass is 266 g/mol. The summed E-state index contributed by atoms with van der Waals surface area (Å²) in [4.78, 5) is 13.9. The second-order valence-corrected chi connectivity index (χ2v) is 6.10. The predicted molar refractivity (Wildman–Crippen MR) is 72.7 cm³/mol. The highest BCUT2D eigenvalue weighted by Crippen LogP contribution is 2.28. The molecule has 19 heavy (non-hydrogen) atoms. The van der Waals surface area contributed by atoms with Crippen LogP contribution in [-0.2, 0) is 0 Å². The Morgan fingerprint density at radius 2 is 2.11 bits per heavy atom. The third-order valence-corrected chi connectivity index (χ3v) is 3.23. The largest absolute Gasteiger partial charge is 0.368 e. The minimum Gasteiger partial charge on any atom is -0.368 e. The van der Waals surface area contributed by atoms with Gasteiger partial charge in [-0.15, -0.1) is 0 Å². The summed E-state index contributed by atoms with van der Waals surface area (Å²) in [6.45, 7) is 7.42. The maximum absolute atomic E-state index is 12.0. The van der Waals surface area contributed by atoms with Crippen molar-refractivity contribution in [1.29, 1.82) is 0 Å². The van der Waals surface area contributed by atoms with Gasteiger partial charge in [-0.05, 0) is 33.6 Å². The van der Waals surface area contributed by atoms with Crippen molar-refractivity contribution in [2.24, 2.45) is 0 Å². The Morgan fingerprint density at radius 1 is 1.47 bits per heavy atom. The van der Waals surface area contributed by atoms with Crippen LogP contribution in [0.1, 0.15) is 45.2 Å². The summed E-state index contributed by atoms with van der Waals surface area (Å²) < 4.78 is 4.89. The molecule has 3 N–H and O–H groups in total. The first kappa shape index (κ1) is 13.7. The molecule has 0 aromatic carbocycles. The van der Waals surface area contributed by atoms with Crippen molar-refractivity contribution < 1.29 is 9.32 Å². The number of anilines is 1. The Balaban J connectivity index is 1.87. The zero-order valence-electron chi connectivity index (χ0n) is 11.8. The molecule has 0 atom stereocenters. The molecule has 0 saturated carbocycles. The summed E-state index contributed by atoms with van der Waals surface area (Å²) in [6.07, 6.45) is 1.78. The molecule has 1 aromatic rings. The van der Waals surface area contributed by atoms with Crippen molar-refractivity contribution in [3.63, 3.8) is 0 Å². The fraction of sp³-hybridized carbons (Fsp3) is 0.692. The van der Waals surface area contributed by atoms with Crippen LogP contribution in [0.3, 0.4) is 0 Å². The second-order valence-electron chi connectivity index (χ2n) is 6.10. The molecule has 2 heterocycles. The summed E-state index contributed by atoms with van der Waals surface area (Å²) in [7, 11) is 0. The van der Waals surface area contributed by atoms with Crippen LogP contribution in [0.2, 0.25) is 0 Å². The molecule has 1 aromatic heterocycles. The minimum atomic E-state index is -0.200. The van der Waals surface area contributed by atoms with Gasteiger partial charge in [0.05, 0.1) is 5.69 Å². The molecule has 1 saturated heterocycles. The summed E-state index contributed by atoms with van der Waals surface area (Å²) in [6, 6.07) is 1.78. The van der Waals surface area contributed by atoms with Crippen molar-refractivity contribution in [3.05, 3.63) is 11.8 Å². The molecular formula is C13H22N4O2. The summed E-state index contributed by atoms with van der Waals surface area (Å²) in [5, 5.41) is 6.93. The van der Waals surface area contributed by atoms with Gasteiger partial charge in [0.1, 0.15) is 0 Å². The molecule has 1 fully saturated rings. The molecule has 0 unspecified atom stereocenters. The van der Waals surface area contributed by atoms with Crippen molar-refractivity contribution in [2.75, 3.05) is 18.8 Å². The molecule has 6 heteroatoms. The zero-order chi connectivity index (χ0) is 14.0. The molecule has 0 aliphatic carbocycles. The fourth-order valence-corrected chi connectivity index (χ4v) is 2.27. The van der Waals surface area contributed by atoms with Gasteiger partial charge in [-0.2, -0.15) is 0 Å². The van der Waals surface area contributed by atoms with Crippen molar-refractivity contribution in [1.82, 2.24) is 15.4 Å². The first-order valence-electron chi connectivity index (χ1n) is 6.64. The number of rotatable bonds is 1. The number of carbonyl (C=O) groups is 1. The highest BCUT2D eigenvalue weighted by molar-refractivity contribution is 5.75. The number of urea groups is 1. The standard InChI is InChI=1S/C13H22N4O2/c1-13(2,3)15-12(18)17-6-4-9(5-7-17)10-8-11(14)19-16-10/h8-9H,4-7,14H2,1-3H3,(H,15,18). The van der Waals surface area contributed by atoms with Crippen LogP contribution in [0.15, 0.2) is 10.6 Å². The van der Waals surface area contributed by atoms with Crippen LogP contribution in [0.4, 0.5) is 10.7 Å².